The van der Waals surface area contributed by atoms with Crippen LogP contribution < -0.4 is 9.64 Å². The first-order valence-corrected chi connectivity index (χ1v) is 9.85. The highest BCUT2D eigenvalue weighted by Crippen LogP contribution is 2.43. The molecule has 1 aromatic heterocycles. The number of piperidine rings is 1. The Balaban J connectivity index is 1.46. The van der Waals surface area contributed by atoms with Crippen LogP contribution in [0.25, 0.3) is 0 Å². The van der Waals surface area contributed by atoms with Gasteiger partial charge < -0.3 is 19.6 Å². The number of ether oxygens (including phenoxy) is 1. The van der Waals surface area contributed by atoms with E-state index in [1.54, 1.807) is 7.11 Å². The van der Waals surface area contributed by atoms with Crippen LogP contribution in [0.2, 0.25) is 0 Å². The molecule has 0 unspecified atom stereocenters. The molecule has 0 aromatic carbocycles. The number of carbonyl (C=O) groups excluding carboxylic acids is 1. The highest BCUT2D eigenvalue weighted by Gasteiger charge is 2.50. The van der Waals surface area contributed by atoms with Gasteiger partial charge in [-0.1, -0.05) is 0 Å². The Bertz CT molecular complexity index is 642. The van der Waals surface area contributed by atoms with Crippen molar-refractivity contribution in [1.82, 2.24) is 9.88 Å². The molecular weight excluding hydrogens is 330 g/mol. The molecule has 1 spiro atoms. The fourth-order valence-corrected chi connectivity index (χ4v) is 4.98. The first-order chi connectivity index (χ1) is 12.6. The van der Waals surface area contributed by atoms with Gasteiger partial charge in [-0.25, -0.2) is 4.98 Å². The average Bonchev–Trinajstić information content (AvgIpc) is 2.98. The SMILES string of the molecule is COc1ccc(N2CCC[C@]3(CCN(C4CCC(O)CC4)C3=O)C2)cn1. The molecule has 1 saturated carbocycles. The van der Waals surface area contributed by atoms with Gasteiger partial charge in [-0.05, 0) is 51.0 Å². The molecule has 6 heteroatoms. The van der Waals surface area contributed by atoms with Gasteiger partial charge in [0.05, 0.1) is 30.5 Å². The van der Waals surface area contributed by atoms with E-state index in [9.17, 15) is 9.90 Å². The number of carbonyl (C=O) groups is 1. The van der Waals surface area contributed by atoms with Gasteiger partial charge in [0.15, 0.2) is 0 Å². The van der Waals surface area contributed by atoms with E-state index in [0.29, 0.717) is 17.8 Å². The van der Waals surface area contributed by atoms with E-state index in [-0.39, 0.29) is 11.5 Å². The number of rotatable bonds is 3. The van der Waals surface area contributed by atoms with Gasteiger partial charge in [0, 0.05) is 31.7 Å². The van der Waals surface area contributed by atoms with Gasteiger partial charge in [0.25, 0.3) is 0 Å². The lowest BCUT2D eigenvalue weighted by Crippen LogP contribution is -2.50. The number of amides is 1. The molecule has 3 aliphatic rings. The Morgan fingerprint density at radius 3 is 2.69 bits per heavy atom. The smallest absolute Gasteiger partial charge is 0.230 e. The maximum Gasteiger partial charge on any atom is 0.230 e. The number of aromatic nitrogens is 1. The lowest BCUT2D eigenvalue weighted by Gasteiger charge is -2.41. The second-order valence-electron chi connectivity index (χ2n) is 8.08. The lowest BCUT2D eigenvalue weighted by molar-refractivity contribution is -0.139. The van der Waals surface area contributed by atoms with E-state index < -0.39 is 0 Å². The largest absolute Gasteiger partial charge is 0.481 e. The maximum atomic E-state index is 13.3. The zero-order valence-electron chi connectivity index (χ0n) is 15.6. The van der Waals surface area contributed by atoms with Crippen molar-refractivity contribution in [1.29, 1.82) is 0 Å². The molecule has 2 saturated heterocycles. The van der Waals surface area contributed by atoms with Crippen molar-refractivity contribution in [2.75, 3.05) is 31.6 Å². The Labute approximate surface area is 155 Å². The Morgan fingerprint density at radius 2 is 2.00 bits per heavy atom. The molecule has 1 aliphatic carbocycles. The number of likely N-dealkylation sites (tertiary alicyclic amines) is 1. The second-order valence-corrected chi connectivity index (χ2v) is 8.08. The van der Waals surface area contributed by atoms with Crippen LogP contribution in [0.4, 0.5) is 5.69 Å². The summed E-state index contributed by atoms with van der Waals surface area (Å²) in [5.74, 6) is 0.952. The Morgan fingerprint density at radius 1 is 1.19 bits per heavy atom. The first kappa shape index (κ1) is 17.6. The summed E-state index contributed by atoms with van der Waals surface area (Å²) in [4.78, 5) is 22.1. The summed E-state index contributed by atoms with van der Waals surface area (Å²) in [6.45, 7) is 2.62. The standard InChI is InChI=1S/C20H29N3O3/c1-26-18-8-5-16(13-21-18)22-11-2-9-20(14-22)10-12-23(19(20)25)15-3-6-17(24)7-4-15/h5,8,13,15,17,24H,2-4,6-7,9-12,14H2,1H3/t15?,17?,20-/m0/s1. The molecule has 1 aromatic rings. The van der Waals surface area contributed by atoms with Crippen molar-refractivity contribution >= 4 is 11.6 Å². The van der Waals surface area contributed by atoms with Gasteiger partial charge >= 0.3 is 0 Å². The maximum absolute atomic E-state index is 13.3. The quantitative estimate of drug-likeness (QED) is 0.896. The minimum atomic E-state index is -0.242. The normalized spacial score (nSPS) is 32.3. The molecule has 2 aliphatic heterocycles. The van der Waals surface area contributed by atoms with Crippen LogP contribution in [0.3, 0.4) is 0 Å². The first-order valence-electron chi connectivity index (χ1n) is 9.85. The van der Waals surface area contributed by atoms with Gasteiger partial charge in [-0.2, -0.15) is 0 Å². The fourth-order valence-electron chi connectivity index (χ4n) is 4.98. The van der Waals surface area contributed by atoms with Crippen LogP contribution >= 0.6 is 0 Å². The summed E-state index contributed by atoms with van der Waals surface area (Å²) in [7, 11) is 1.62. The molecule has 6 nitrogen and oxygen atoms in total. The lowest BCUT2D eigenvalue weighted by atomic mass is 9.78. The molecule has 26 heavy (non-hydrogen) atoms. The summed E-state index contributed by atoms with van der Waals surface area (Å²) in [6, 6.07) is 4.24. The third-order valence-electron chi connectivity index (χ3n) is 6.52. The van der Waals surface area contributed by atoms with Crippen molar-refractivity contribution in [3.8, 4) is 5.88 Å². The van der Waals surface area contributed by atoms with Crippen LogP contribution in [0.15, 0.2) is 18.3 Å². The number of aliphatic hydroxyl groups is 1. The zero-order valence-corrected chi connectivity index (χ0v) is 15.6. The van der Waals surface area contributed by atoms with Gasteiger partial charge in [0.1, 0.15) is 0 Å². The molecule has 1 atom stereocenters. The Kier molecular flexibility index (Phi) is 4.78. The van der Waals surface area contributed by atoms with E-state index in [0.717, 1.165) is 70.3 Å². The predicted molar refractivity (Wildman–Crippen MR) is 99.3 cm³/mol. The minimum Gasteiger partial charge on any atom is -0.481 e. The monoisotopic (exact) mass is 359 g/mol. The average molecular weight is 359 g/mol. The van der Waals surface area contributed by atoms with Crippen molar-refractivity contribution in [2.24, 2.45) is 5.41 Å². The predicted octanol–water partition coefficient (Wildman–Crippen LogP) is 2.21. The van der Waals surface area contributed by atoms with Gasteiger partial charge in [-0.15, -0.1) is 0 Å². The molecular formula is C20H29N3O3. The van der Waals surface area contributed by atoms with E-state index in [2.05, 4.69) is 14.8 Å². The number of hydrogen-bond donors (Lipinski definition) is 1. The molecule has 142 valence electrons. The van der Waals surface area contributed by atoms with Crippen LogP contribution in [0, 0.1) is 5.41 Å². The van der Waals surface area contributed by atoms with E-state index in [1.165, 1.54) is 0 Å². The van der Waals surface area contributed by atoms with E-state index >= 15 is 0 Å². The summed E-state index contributed by atoms with van der Waals surface area (Å²) in [5.41, 5.74) is 0.825. The van der Waals surface area contributed by atoms with Crippen molar-refractivity contribution in [3.05, 3.63) is 18.3 Å². The molecule has 1 amide bonds. The van der Waals surface area contributed by atoms with Gasteiger partial charge in [0.2, 0.25) is 11.8 Å². The third kappa shape index (κ3) is 3.15. The summed E-state index contributed by atoms with van der Waals surface area (Å²) < 4.78 is 5.15. The van der Waals surface area contributed by atoms with E-state index in [1.807, 2.05) is 18.3 Å². The van der Waals surface area contributed by atoms with Crippen LogP contribution in [-0.4, -0.2) is 59.8 Å². The van der Waals surface area contributed by atoms with Gasteiger partial charge in [-0.3, -0.25) is 4.79 Å². The molecule has 0 radical (unpaired) electrons. The summed E-state index contributed by atoms with van der Waals surface area (Å²) in [6.07, 6.45) is 8.17. The molecule has 0 bridgehead atoms. The molecule has 3 fully saturated rings. The number of aliphatic hydroxyl groups excluding tert-OH is 1. The topological polar surface area (TPSA) is 65.9 Å². The highest BCUT2D eigenvalue weighted by atomic mass is 16.5. The molecule has 1 N–H and O–H groups in total. The Hall–Kier alpha value is -1.82. The number of pyridine rings is 1. The summed E-state index contributed by atoms with van der Waals surface area (Å²) in [5, 5.41) is 9.75. The fraction of sp³-hybridized carbons (Fsp3) is 0.700. The number of nitrogens with zero attached hydrogens (tertiary/aromatic N) is 3. The second kappa shape index (κ2) is 7.06. The van der Waals surface area contributed by atoms with Crippen molar-refractivity contribution < 1.29 is 14.6 Å². The number of methoxy groups -OCH3 is 1. The van der Waals surface area contributed by atoms with Crippen molar-refractivity contribution in [2.45, 2.75) is 57.1 Å². The zero-order chi connectivity index (χ0) is 18.1. The van der Waals surface area contributed by atoms with Crippen LogP contribution in [0.5, 0.6) is 5.88 Å². The van der Waals surface area contributed by atoms with Crippen molar-refractivity contribution in [3.63, 3.8) is 0 Å². The number of anilines is 1. The molecule has 4 rings (SSSR count). The molecule has 3 heterocycles. The highest BCUT2D eigenvalue weighted by molar-refractivity contribution is 5.86. The number of hydrogen-bond acceptors (Lipinski definition) is 5. The van der Waals surface area contributed by atoms with Crippen LogP contribution in [0.1, 0.15) is 44.9 Å². The third-order valence-corrected chi connectivity index (χ3v) is 6.52. The summed E-state index contributed by atoms with van der Waals surface area (Å²) >= 11 is 0. The van der Waals surface area contributed by atoms with E-state index in [4.69, 9.17) is 4.74 Å². The minimum absolute atomic E-state index is 0.175. The van der Waals surface area contributed by atoms with Crippen LogP contribution in [-0.2, 0) is 4.79 Å².